The van der Waals surface area contributed by atoms with Crippen molar-refractivity contribution in [3.05, 3.63) is 53.1 Å². The van der Waals surface area contributed by atoms with Gasteiger partial charge >= 0.3 is 11.9 Å². The van der Waals surface area contributed by atoms with Crippen LogP contribution in [0.2, 0.25) is 0 Å². The largest absolute Gasteiger partial charge is 0.493 e. The quantitative estimate of drug-likeness (QED) is 0.304. The van der Waals surface area contributed by atoms with Gasteiger partial charge in [-0.25, -0.2) is 9.59 Å². The van der Waals surface area contributed by atoms with Crippen LogP contribution in [-0.4, -0.2) is 40.4 Å². The summed E-state index contributed by atoms with van der Waals surface area (Å²) in [6, 6.07) is 11.0. The van der Waals surface area contributed by atoms with Crippen LogP contribution >= 0.6 is 0 Å². The van der Waals surface area contributed by atoms with Crippen molar-refractivity contribution in [2.45, 2.75) is 0 Å². The number of benzene rings is 2. The maximum absolute atomic E-state index is 12.5. The molecule has 2 rings (SSSR count). The SMILES string of the molecule is COC(=O)C(C#N)=Cc1ccc(OC(=O)c2ccc(OC)c(OC)c2)c(OC)c1. The number of ether oxygens (including phenoxy) is 5. The van der Waals surface area contributed by atoms with Gasteiger partial charge in [-0.15, -0.1) is 0 Å². The monoisotopic (exact) mass is 397 g/mol. The molecule has 2 aromatic carbocycles. The molecule has 0 unspecified atom stereocenters. The highest BCUT2D eigenvalue weighted by molar-refractivity contribution is 5.98. The second kappa shape index (κ2) is 9.80. The Morgan fingerprint density at radius 3 is 2.07 bits per heavy atom. The summed E-state index contributed by atoms with van der Waals surface area (Å²) >= 11 is 0. The lowest BCUT2D eigenvalue weighted by Crippen LogP contribution is -2.10. The molecule has 0 aliphatic carbocycles. The van der Waals surface area contributed by atoms with Crippen LogP contribution in [0.25, 0.3) is 6.08 Å². The maximum atomic E-state index is 12.5. The van der Waals surface area contributed by atoms with Gasteiger partial charge in [0.25, 0.3) is 0 Å². The standard InChI is InChI=1S/C21H19NO7/c1-25-16-8-6-14(11-19(16)27-3)21(24)29-17-7-5-13(10-18(17)26-2)9-15(12-22)20(23)28-4/h5-11H,1-4H3. The van der Waals surface area contributed by atoms with E-state index in [1.54, 1.807) is 24.3 Å². The molecule has 0 radical (unpaired) electrons. The van der Waals surface area contributed by atoms with Crippen LogP contribution in [-0.2, 0) is 9.53 Å². The fourth-order valence-corrected chi connectivity index (χ4v) is 2.39. The first-order chi connectivity index (χ1) is 14.0. The predicted octanol–water partition coefficient (Wildman–Crippen LogP) is 3.01. The number of methoxy groups -OCH3 is 4. The molecule has 2 aromatic rings. The van der Waals surface area contributed by atoms with E-state index < -0.39 is 11.9 Å². The van der Waals surface area contributed by atoms with E-state index in [2.05, 4.69) is 4.74 Å². The van der Waals surface area contributed by atoms with E-state index in [1.165, 1.54) is 52.7 Å². The number of rotatable bonds is 7. The number of esters is 2. The first-order valence-corrected chi connectivity index (χ1v) is 8.29. The van der Waals surface area contributed by atoms with Gasteiger partial charge in [0, 0.05) is 0 Å². The van der Waals surface area contributed by atoms with Crippen LogP contribution in [0.4, 0.5) is 0 Å². The summed E-state index contributed by atoms with van der Waals surface area (Å²) in [6.07, 6.45) is 1.34. The number of carbonyl (C=O) groups excluding carboxylic acids is 2. The zero-order valence-corrected chi connectivity index (χ0v) is 16.3. The van der Waals surface area contributed by atoms with Crippen molar-refractivity contribution in [1.29, 1.82) is 5.26 Å². The summed E-state index contributed by atoms with van der Waals surface area (Å²) in [5.41, 5.74) is 0.575. The molecular weight excluding hydrogens is 378 g/mol. The Balaban J connectivity index is 2.30. The van der Waals surface area contributed by atoms with E-state index >= 15 is 0 Å². The normalized spacial score (nSPS) is 10.5. The van der Waals surface area contributed by atoms with Gasteiger partial charge in [0.05, 0.1) is 34.0 Å². The minimum atomic E-state index is -0.754. The van der Waals surface area contributed by atoms with Crippen molar-refractivity contribution in [2.75, 3.05) is 28.4 Å². The fourth-order valence-electron chi connectivity index (χ4n) is 2.39. The summed E-state index contributed by atoms with van der Waals surface area (Å²) in [4.78, 5) is 24.0. The van der Waals surface area contributed by atoms with Crippen molar-refractivity contribution in [3.63, 3.8) is 0 Å². The molecule has 0 aromatic heterocycles. The molecule has 0 fully saturated rings. The van der Waals surface area contributed by atoms with Gasteiger partial charge in [-0.05, 0) is 42.0 Å². The smallest absolute Gasteiger partial charge is 0.348 e. The van der Waals surface area contributed by atoms with Gasteiger partial charge < -0.3 is 23.7 Å². The molecule has 0 amide bonds. The lowest BCUT2D eigenvalue weighted by molar-refractivity contribution is -0.135. The number of nitriles is 1. The molecule has 0 heterocycles. The second-order valence-corrected chi connectivity index (χ2v) is 5.53. The number of hydrogen-bond acceptors (Lipinski definition) is 8. The minimum absolute atomic E-state index is 0.168. The number of hydrogen-bond donors (Lipinski definition) is 0. The highest BCUT2D eigenvalue weighted by Crippen LogP contribution is 2.31. The molecule has 8 nitrogen and oxygen atoms in total. The van der Waals surface area contributed by atoms with Gasteiger partial charge in [0.1, 0.15) is 11.6 Å². The van der Waals surface area contributed by atoms with Crippen molar-refractivity contribution in [2.24, 2.45) is 0 Å². The van der Waals surface area contributed by atoms with Crippen LogP contribution in [0.3, 0.4) is 0 Å². The Morgan fingerprint density at radius 1 is 0.862 bits per heavy atom. The lowest BCUT2D eigenvalue weighted by atomic mass is 10.1. The van der Waals surface area contributed by atoms with Crippen molar-refractivity contribution < 1.29 is 33.3 Å². The molecule has 0 atom stereocenters. The van der Waals surface area contributed by atoms with E-state index in [9.17, 15) is 9.59 Å². The van der Waals surface area contributed by atoms with Crippen LogP contribution in [0.5, 0.6) is 23.0 Å². The summed E-state index contributed by atoms with van der Waals surface area (Å²) in [6.45, 7) is 0. The van der Waals surface area contributed by atoms with Crippen LogP contribution in [0.15, 0.2) is 42.0 Å². The van der Waals surface area contributed by atoms with Crippen molar-refractivity contribution in [3.8, 4) is 29.1 Å². The molecule has 0 aliphatic rings. The summed E-state index contributed by atoms with van der Waals surface area (Å²) < 4.78 is 25.5. The highest BCUT2D eigenvalue weighted by atomic mass is 16.6. The summed E-state index contributed by atoms with van der Waals surface area (Å²) in [5.74, 6) is -0.0936. The maximum Gasteiger partial charge on any atom is 0.348 e. The van der Waals surface area contributed by atoms with Crippen molar-refractivity contribution >= 4 is 18.0 Å². The second-order valence-electron chi connectivity index (χ2n) is 5.53. The molecular formula is C21H19NO7. The van der Waals surface area contributed by atoms with Crippen LogP contribution in [0.1, 0.15) is 15.9 Å². The van der Waals surface area contributed by atoms with Gasteiger partial charge in [0.15, 0.2) is 23.0 Å². The first kappa shape index (κ1) is 21.3. The number of nitrogens with zero attached hydrogens (tertiary/aromatic N) is 1. The molecule has 0 bridgehead atoms. The minimum Gasteiger partial charge on any atom is -0.493 e. The Bertz CT molecular complexity index is 989. The average Bonchev–Trinajstić information content (AvgIpc) is 2.76. The topological polar surface area (TPSA) is 104 Å². The zero-order chi connectivity index (χ0) is 21.4. The van der Waals surface area contributed by atoms with Crippen LogP contribution < -0.4 is 18.9 Å². The van der Waals surface area contributed by atoms with Crippen molar-refractivity contribution in [1.82, 2.24) is 0 Å². The Kier molecular flexibility index (Phi) is 7.20. The van der Waals surface area contributed by atoms with Gasteiger partial charge in [0.2, 0.25) is 0 Å². The molecule has 0 aliphatic heterocycles. The van der Waals surface area contributed by atoms with E-state index in [4.69, 9.17) is 24.2 Å². The Labute approximate surface area is 167 Å². The third kappa shape index (κ3) is 5.05. The lowest BCUT2D eigenvalue weighted by Gasteiger charge is -2.12. The molecule has 0 saturated heterocycles. The predicted molar refractivity (Wildman–Crippen MR) is 103 cm³/mol. The van der Waals surface area contributed by atoms with Gasteiger partial charge in [-0.2, -0.15) is 5.26 Å². The third-order valence-electron chi connectivity index (χ3n) is 3.85. The van der Waals surface area contributed by atoms with E-state index in [0.717, 1.165) is 0 Å². The summed E-state index contributed by atoms with van der Waals surface area (Å²) in [7, 11) is 5.55. The molecule has 0 saturated carbocycles. The first-order valence-electron chi connectivity index (χ1n) is 8.29. The Hall–Kier alpha value is -3.99. The molecule has 0 spiro atoms. The summed E-state index contributed by atoms with van der Waals surface area (Å²) in [5, 5.41) is 9.06. The van der Waals surface area contributed by atoms with E-state index in [0.29, 0.717) is 17.1 Å². The third-order valence-corrected chi connectivity index (χ3v) is 3.85. The van der Waals surface area contributed by atoms with Gasteiger partial charge in [-0.1, -0.05) is 6.07 Å². The van der Waals surface area contributed by atoms with E-state index in [1.807, 2.05) is 0 Å². The fraction of sp³-hybridized carbons (Fsp3) is 0.190. The Morgan fingerprint density at radius 2 is 1.48 bits per heavy atom. The molecule has 0 N–H and O–H groups in total. The van der Waals surface area contributed by atoms with Crippen LogP contribution in [0, 0.1) is 11.3 Å². The molecule has 150 valence electrons. The zero-order valence-electron chi connectivity index (χ0n) is 16.3. The highest BCUT2D eigenvalue weighted by Gasteiger charge is 2.16. The number of carbonyl (C=O) groups is 2. The van der Waals surface area contributed by atoms with E-state index in [-0.39, 0.29) is 22.6 Å². The van der Waals surface area contributed by atoms with Gasteiger partial charge in [-0.3, -0.25) is 0 Å². The molecule has 29 heavy (non-hydrogen) atoms. The molecule has 8 heteroatoms. The average molecular weight is 397 g/mol.